The average Bonchev–Trinajstić information content (AvgIpc) is 3.20. The van der Waals surface area contributed by atoms with Gasteiger partial charge in [-0.25, -0.2) is 17.7 Å². The molecule has 10 heteroatoms. The zero-order valence-electron chi connectivity index (χ0n) is 25.1. The number of sulfonamides is 1. The second-order valence-electron chi connectivity index (χ2n) is 7.86. The minimum Gasteiger partial charge on any atom is -0.388 e. The minimum atomic E-state index is -4.46. The molecule has 1 aliphatic heterocycles. The number of nitrogens with one attached hydrogen (secondary N) is 1. The van der Waals surface area contributed by atoms with Crippen LogP contribution >= 0.6 is 0 Å². The van der Waals surface area contributed by atoms with Crippen molar-refractivity contribution in [1.29, 1.82) is 0 Å². The van der Waals surface area contributed by atoms with Gasteiger partial charge in [-0.3, -0.25) is 9.36 Å². The van der Waals surface area contributed by atoms with Crippen molar-refractivity contribution in [2.24, 2.45) is 0 Å². The number of rotatable bonds is 4. The molecule has 1 aliphatic carbocycles. The summed E-state index contributed by atoms with van der Waals surface area (Å²) in [5.74, 6) is 0.0184. The third-order valence-corrected chi connectivity index (χ3v) is 6.84. The first-order valence-corrected chi connectivity index (χ1v) is 11.1. The number of aliphatic hydroxyl groups is 1. The second-order valence-corrected chi connectivity index (χ2v) is 9.33. The molecule has 1 saturated carbocycles. The fourth-order valence-electron chi connectivity index (χ4n) is 4.21. The van der Waals surface area contributed by atoms with Gasteiger partial charge in [0.2, 0.25) is 16.0 Å². The van der Waals surface area contributed by atoms with E-state index in [1.807, 2.05) is 0 Å². The van der Waals surface area contributed by atoms with Gasteiger partial charge < -0.3 is 10.4 Å². The number of nitrogens with zero attached hydrogens (tertiary/aromatic N) is 4. The van der Waals surface area contributed by atoms with E-state index >= 15 is 0 Å². The molecule has 2 fully saturated rings. The van der Waals surface area contributed by atoms with Crippen molar-refractivity contribution in [3.05, 3.63) is 28.2 Å². The fourth-order valence-corrected chi connectivity index (χ4v) is 4.91. The summed E-state index contributed by atoms with van der Waals surface area (Å²) in [5.41, 5.74) is -3.87. The van der Waals surface area contributed by atoms with Crippen molar-refractivity contribution < 1.29 is 25.9 Å². The molecular formula is C20H29N5O4S. The van der Waals surface area contributed by atoms with Crippen LogP contribution < -0.4 is 10.9 Å². The largest absolute Gasteiger partial charge is 0.388 e. The molecule has 164 valence electrons. The molecule has 2 aromatic heterocycles. The van der Waals surface area contributed by atoms with E-state index in [9.17, 15) is 18.3 Å². The van der Waals surface area contributed by atoms with Gasteiger partial charge in [0.05, 0.1) is 17.8 Å². The molecule has 2 aromatic rings. The van der Waals surface area contributed by atoms with E-state index in [0.29, 0.717) is 6.42 Å². The summed E-state index contributed by atoms with van der Waals surface area (Å²) in [6.07, 6.45) is -1.12. The number of pyridine rings is 1. The highest BCUT2D eigenvalue weighted by Crippen LogP contribution is 2.39. The lowest BCUT2D eigenvalue weighted by molar-refractivity contribution is 0.0266. The van der Waals surface area contributed by atoms with Crippen molar-refractivity contribution in [3.8, 4) is 0 Å². The molecule has 0 bridgehead atoms. The second kappa shape index (κ2) is 7.58. The summed E-state index contributed by atoms with van der Waals surface area (Å²) in [7, 11) is -4.46. The summed E-state index contributed by atoms with van der Waals surface area (Å²) < 4.78 is 95.2. The number of hydrogen-bond acceptors (Lipinski definition) is 7. The minimum absolute atomic E-state index is 0.0184. The molecule has 2 N–H and O–H groups in total. The summed E-state index contributed by atoms with van der Waals surface area (Å²) >= 11 is 0. The molecule has 0 amide bonds. The molecule has 9 nitrogen and oxygen atoms in total. The van der Waals surface area contributed by atoms with E-state index in [1.165, 1.54) is 6.20 Å². The molecule has 2 atom stereocenters. The smallest absolute Gasteiger partial charge is 0.255 e. The van der Waals surface area contributed by atoms with Gasteiger partial charge in [-0.2, -0.15) is 4.98 Å². The molecule has 30 heavy (non-hydrogen) atoms. The number of anilines is 1. The standard InChI is InChI=1S/C20H29N5O4S/c1-13-11-14-12-21-19(22-15-6-9-24(10-7-15)30(3,28)29)23-17(14)25(18(13)26)16-5-4-8-20(16,2)27/h11-12,15-16,27H,4-10H2,1-3H3,(H,21,22,23)/t16-,20-/m0/s1/i1D3,2D3,3D3. The van der Waals surface area contributed by atoms with Crippen LogP contribution in [0.1, 0.15) is 62.9 Å². The van der Waals surface area contributed by atoms with Crippen LogP contribution in [0.25, 0.3) is 11.0 Å². The van der Waals surface area contributed by atoms with Crippen LogP contribution in [0.15, 0.2) is 17.1 Å². The third kappa shape index (κ3) is 3.95. The van der Waals surface area contributed by atoms with E-state index in [0.717, 1.165) is 14.9 Å². The van der Waals surface area contributed by atoms with Crippen LogP contribution in [-0.4, -0.2) is 63.3 Å². The first-order chi connectivity index (χ1) is 17.8. The number of hydrogen-bond donors (Lipinski definition) is 2. The Kier molecular flexibility index (Phi) is 3.22. The highest BCUT2D eigenvalue weighted by atomic mass is 32.2. The molecule has 0 aromatic carbocycles. The fraction of sp³-hybridized carbons (Fsp3) is 0.650. The Labute approximate surface area is 188 Å². The van der Waals surface area contributed by atoms with Crippen LogP contribution in [0.2, 0.25) is 0 Å². The topological polar surface area (TPSA) is 117 Å². The van der Waals surface area contributed by atoms with E-state index < -0.39 is 52.7 Å². The average molecular weight is 445 g/mol. The number of piperidine rings is 1. The SMILES string of the molecule is [2H]C([2H])([2H])c1cc2cnc(NC3CCN(S(=O)(=O)C([2H])([2H])[2H])CC3)nc2n([C@H]2CCC[C@@]2(O)C([2H])([2H])[2H])c1=O. The number of aryl methyl sites for hydroxylation is 1. The van der Waals surface area contributed by atoms with Crippen molar-refractivity contribution in [2.45, 2.75) is 63.5 Å². The van der Waals surface area contributed by atoms with Crippen LogP contribution in [-0.2, 0) is 10.0 Å². The molecule has 4 rings (SSSR count). The van der Waals surface area contributed by atoms with Gasteiger partial charge >= 0.3 is 0 Å². The third-order valence-electron chi connectivity index (χ3n) is 5.80. The molecule has 3 heterocycles. The lowest BCUT2D eigenvalue weighted by atomic mass is 9.99. The van der Waals surface area contributed by atoms with Crippen LogP contribution in [0.5, 0.6) is 0 Å². The van der Waals surface area contributed by atoms with E-state index in [2.05, 4.69) is 15.3 Å². The van der Waals surface area contributed by atoms with Crippen LogP contribution in [0, 0.1) is 6.85 Å². The number of aromatic nitrogens is 3. The normalized spacial score (nSPS) is 32.0. The Bertz CT molecular complexity index is 1420. The van der Waals surface area contributed by atoms with Crippen molar-refractivity contribution >= 4 is 27.0 Å². The van der Waals surface area contributed by atoms with Gasteiger partial charge in [0.25, 0.3) is 5.56 Å². The Morgan fingerprint density at radius 2 is 2.13 bits per heavy atom. The van der Waals surface area contributed by atoms with Crippen molar-refractivity contribution in [1.82, 2.24) is 18.8 Å². The molecule has 1 saturated heterocycles. The van der Waals surface area contributed by atoms with Gasteiger partial charge in [-0.15, -0.1) is 0 Å². The highest BCUT2D eigenvalue weighted by Gasteiger charge is 2.39. The van der Waals surface area contributed by atoms with Gasteiger partial charge in [0.15, 0.2) is 0 Å². The quantitative estimate of drug-likeness (QED) is 0.732. The Morgan fingerprint density at radius 3 is 2.83 bits per heavy atom. The lowest BCUT2D eigenvalue weighted by Gasteiger charge is -2.31. The predicted octanol–water partition coefficient (Wildman–Crippen LogP) is 1.41. The Hall–Kier alpha value is -2.04. The molecular weight excluding hydrogens is 406 g/mol. The van der Waals surface area contributed by atoms with Gasteiger partial charge in [0.1, 0.15) is 5.65 Å². The maximum atomic E-state index is 13.5. The summed E-state index contributed by atoms with van der Waals surface area (Å²) in [4.78, 5) is 22.1. The van der Waals surface area contributed by atoms with Gasteiger partial charge in [-0.1, -0.05) is 0 Å². The predicted molar refractivity (Wildman–Crippen MR) is 115 cm³/mol. The molecule has 0 spiro atoms. The maximum Gasteiger partial charge on any atom is 0.255 e. The number of fused-ring (bicyclic) bond motifs is 1. The zero-order chi connectivity index (χ0) is 29.2. The van der Waals surface area contributed by atoms with E-state index in [4.69, 9.17) is 12.3 Å². The molecule has 0 unspecified atom stereocenters. The summed E-state index contributed by atoms with van der Waals surface area (Å²) in [6, 6.07) is -0.483. The Balaban J connectivity index is 1.72. The van der Waals surface area contributed by atoms with Crippen LogP contribution in [0.4, 0.5) is 5.95 Å². The van der Waals surface area contributed by atoms with Gasteiger partial charge in [-0.05, 0) is 51.9 Å². The monoisotopic (exact) mass is 444 g/mol. The van der Waals surface area contributed by atoms with Crippen molar-refractivity contribution in [2.75, 3.05) is 24.6 Å². The highest BCUT2D eigenvalue weighted by molar-refractivity contribution is 7.88. The first kappa shape index (κ1) is 12.7. The van der Waals surface area contributed by atoms with E-state index in [1.54, 1.807) is 0 Å². The maximum absolute atomic E-state index is 13.5. The first-order valence-electron chi connectivity index (χ1n) is 14.2. The summed E-state index contributed by atoms with van der Waals surface area (Å²) in [5, 5.41) is 14.4. The summed E-state index contributed by atoms with van der Waals surface area (Å²) in [6.45, 7) is -5.77. The molecule has 2 aliphatic rings. The van der Waals surface area contributed by atoms with Gasteiger partial charge in [0, 0.05) is 48.6 Å². The van der Waals surface area contributed by atoms with E-state index in [-0.39, 0.29) is 61.8 Å². The molecule has 0 radical (unpaired) electrons. The van der Waals surface area contributed by atoms with Crippen LogP contribution in [0.3, 0.4) is 0 Å². The van der Waals surface area contributed by atoms with Crippen molar-refractivity contribution in [3.63, 3.8) is 0 Å². The zero-order valence-corrected chi connectivity index (χ0v) is 16.9. The lowest BCUT2D eigenvalue weighted by Crippen LogP contribution is -2.42. The Morgan fingerprint density at radius 1 is 1.33 bits per heavy atom.